The minimum absolute atomic E-state index is 0.170. The summed E-state index contributed by atoms with van der Waals surface area (Å²) < 4.78 is 7.86. The molecule has 0 aliphatic carbocycles. The molecule has 0 amide bonds. The molecule has 0 spiro atoms. The highest BCUT2D eigenvalue weighted by molar-refractivity contribution is 9.10. The van der Waals surface area contributed by atoms with Gasteiger partial charge in [0.05, 0.1) is 6.61 Å². The zero-order valence-electron chi connectivity index (χ0n) is 11.8. The van der Waals surface area contributed by atoms with Crippen molar-refractivity contribution >= 4 is 44.7 Å². The molecule has 5 nitrogen and oxygen atoms in total. The molecule has 0 radical (unpaired) electrons. The Morgan fingerprint density at radius 3 is 3.05 bits per heavy atom. The van der Waals surface area contributed by atoms with Gasteiger partial charge in [0.1, 0.15) is 11.3 Å². The Morgan fingerprint density at radius 1 is 1.52 bits per heavy atom. The van der Waals surface area contributed by atoms with E-state index in [4.69, 9.17) is 16.3 Å². The number of pyridine rings is 1. The van der Waals surface area contributed by atoms with Crippen molar-refractivity contribution in [2.24, 2.45) is 0 Å². The Bertz CT molecular complexity index is 630. The van der Waals surface area contributed by atoms with E-state index in [1.54, 1.807) is 6.20 Å². The summed E-state index contributed by atoms with van der Waals surface area (Å²) in [6, 6.07) is 1.93. The number of aryl methyl sites for hydroxylation is 2. The first-order valence-corrected chi connectivity index (χ1v) is 8.20. The van der Waals surface area contributed by atoms with Gasteiger partial charge in [-0.05, 0) is 35.3 Å². The highest BCUT2D eigenvalue weighted by Crippen LogP contribution is 2.19. The molecule has 0 aliphatic heterocycles. The summed E-state index contributed by atoms with van der Waals surface area (Å²) in [5.41, 5.74) is 1.66. The number of alkyl halides is 1. The molecule has 2 aromatic heterocycles. The number of carbonyl (C=O) groups is 1. The Hall–Kier alpha value is -1.14. The van der Waals surface area contributed by atoms with Crippen LogP contribution in [0.5, 0.6) is 0 Å². The van der Waals surface area contributed by atoms with Gasteiger partial charge >= 0.3 is 5.97 Å². The van der Waals surface area contributed by atoms with Gasteiger partial charge in [0.15, 0.2) is 5.65 Å². The van der Waals surface area contributed by atoms with E-state index in [0.29, 0.717) is 38.3 Å². The van der Waals surface area contributed by atoms with Crippen LogP contribution in [0.2, 0.25) is 0 Å². The minimum Gasteiger partial charge on any atom is -0.466 e. The molecule has 0 aliphatic rings. The maximum absolute atomic E-state index is 11.4. The highest BCUT2D eigenvalue weighted by Gasteiger charge is 2.12. The molecule has 21 heavy (non-hydrogen) atoms. The Kier molecular flexibility index (Phi) is 5.99. The Balaban J connectivity index is 2.16. The van der Waals surface area contributed by atoms with Crippen molar-refractivity contribution in [3.8, 4) is 0 Å². The second-order valence-corrected chi connectivity index (χ2v) is 5.82. The molecular formula is C14H17BrClN3O2. The van der Waals surface area contributed by atoms with Crippen LogP contribution in [0.15, 0.2) is 16.7 Å². The maximum Gasteiger partial charge on any atom is 0.305 e. The zero-order valence-corrected chi connectivity index (χ0v) is 14.2. The van der Waals surface area contributed by atoms with E-state index < -0.39 is 0 Å². The smallest absolute Gasteiger partial charge is 0.305 e. The SMILES string of the molecule is CCOC(=O)CCCn1c(CCCl)nc2cc(Br)cnc21. The first-order chi connectivity index (χ1) is 10.2. The van der Waals surface area contributed by atoms with Crippen LogP contribution in [0.3, 0.4) is 0 Å². The van der Waals surface area contributed by atoms with Crippen molar-refractivity contribution in [1.82, 2.24) is 14.5 Å². The molecule has 0 fully saturated rings. The molecule has 2 heterocycles. The fraction of sp³-hybridized carbons (Fsp3) is 0.500. The van der Waals surface area contributed by atoms with Gasteiger partial charge < -0.3 is 9.30 Å². The van der Waals surface area contributed by atoms with Crippen LogP contribution < -0.4 is 0 Å². The van der Waals surface area contributed by atoms with Gasteiger partial charge in [-0.1, -0.05) is 0 Å². The predicted molar refractivity (Wildman–Crippen MR) is 85.5 cm³/mol. The Labute approximate surface area is 136 Å². The van der Waals surface area contributed by atoms with Gasteiger partial charge in [0, 0.05) is 35.9 Å². The lowest BCUT2D eigenvalue weighted by Gasteiger charge is -2.07. The van der Waals surface area contributed by atoms with E-state index in [0.717, 1.165) is 21.5 Å². The van der Waals surface area contributed by atoms with E-state index in [2.05, 4.69) is 25.9 Å². The second kappa shape index (κ2) is 7.75. The summed E-state index contributed by atoms with van der Waals surface area (Å²) in [7, 11) is 0. The van der Waals surface area contributed by atoms with Gasteiger partial charge in [-0.3, -0.25) is 4.79 Å². The minimum atomic E-state index is -0.170. The van der Waals surface area contributed by atoms with Crippen molar-refractivity contribution in [3.05, 3.63) is 22.6 Å². The molecule has 0 bridgehead atoms. The summed E-state index contributed by atoms with van der Waals surface area (Å²) in [4.78, 5) is 20.4. The molecule has 0 atom stereocenters. The standard InChI is InChI=1S/C14H17BrClN3O2/c1-2-21-13(20)4-3-7-19-12(5-6-16)18-11-8-10(15)9-17-14(11)19/h8-9H,2-7H2,1H3. The number of imidazole rings is 1. The van der Waals surface area contributed by atoms with Gasteiger partial charge in [-0.15, -0.1) is 11.6 Å². The first kappa shape index (κ1) is 16.2. The van der Waals surface area contributed by atoms with Crippen LogP contribution in [0.25, 0.3) is 11.2 Å². The van der Waals surface area contributed by atoms with Crippen molar-refractivity contribution in [2.75, 3.05) is 12.5 Å². The molecule has 2 aromatic rings. The van der Waals surface area contributed by atoms with E-state index in [1.807, 2.05) is 17.6 Å². The molecule has 0 aromatic carbocycles. The van der Waals surface area contributed by atoms with Crippen molar-refractivity contribution in [1.29, 1.82) is 0 Å². The number of hydrogen-bond donors (Lipinski definition) is 0. The second-order valence-electron chi connectivity index (χ2n) is 4.52. The maximum atomic E-state index is 11.4. The van der Waals surface area contributed by atoms with Crippen LogP contribution in [-0.2, 0) is 22.5 Å². The topological polar surface area (TPSA) is 57.0 Å². The average Bonchev–Trinajstić information content (AvgIpc) is 2.76. The lowest BCUT2D eigenvalue weighted by Crippen LogP contribution is -2.09. The average molecular weight is 375 g/mol. The van der Waals surface area contributed by atoms with E-state index in [-0.39, 0.29) is 5.97 Å². The monoisotopic (exact) mass is 373 g/mol. The lowest BCUT2D eigenvalue weighted by molar-refractivity contribution is -0.143. The first-order valence-electron chi connectivity index (χ1n) is 6.88. The van der Waals surface area contributed by atoms with Crippen molar-refractivity contribution in [3.63, 3.8) is 0 Å². The number of carbonyl (C=O) groups excluding carboxylic acids is 1. The van der Waals surface area contributed by atoms with Gasteiger partial charge in [-0.25, -0.2) is 9.97 Å². The van der Waals surface area contributed by atoms with E-state index in [9.17, 15) is 4.79 Å². The quantitative estimate of drug-likeness (QED) is 0.551. The van der Waals surface area contributed by atoms with Crippen molar-refractivity contribution in [2.45, 2.75) is 32.7 Å². The van der Waals surface area contributed by atoms with Gasteiger partial charge in [0.25, 0.3) is 0 Å². The summed E-state index contributed by atoms with van der Waals surface area (Å²) >= 11 is 9.23. The van der Waals surface area contributed by atoms with Gasteiger partial charge in [-0.2, -0.15) is 0 Å². The molecule has 0 saturated carbocycles. The third kappa shape index (κ3) is 4.17. The number of aromatic nitrogens is 3. The summed E-state index contributed by atoms with van der Waals surface area (Å²) in [5, 5.41) is 0. The third-order valence-electron chi connectivity index (χ3n) is 3.02. The summed E-state index contributed by atoms with van der Waals surface area (Å²) in [6.45, 7) is 2.90. The molecule has 0 N–H and O–H groups in total. The number of esters is 1. The van der Waals surface area contributed by atoms with Gasteiger partial charge in [0.2, 0.25) is 0 Å². The molecule has 0 saturated heterocycles. The molecule has 2 rings (SSSR count). The van der Waals surface area contributed by atoms with Crippen molar-refractivity contribution < 1.29 is 9.53 Å². The van der Waals surface area contributed by atoms with Crippen LogP contribution in [-0.4, -0.2) is 33.0 Å². The number of rotatable bonds is 7. The molecule has 0 unspecified atom stereocenters. The van der Waals surface area contributed by atoms with E-state index in [1.165, 1.54) is 0 Å². The summed E-state index contributed by atoms with van der Waals surface area (Å²) in [5.74, 6) is 1.23. The number of halogens is 2. The fourth-order valence-electron chi connectivity index (χ4n) is 2.16. The predicted octanol–water partition coefficient (Wildman–Crippen LogP) is 3.32. The normalized spacial score (nSPS) is 11.0. The fourth-order valence-corrected chi connectivity index (χ4v) is 2.65. The van der Waals surface area contributed by atoms with Crippen LogP contribution in [0.1, 0.15) is 25.6 Å². The number of hydrogen-bond acceptors (Lipinski definition) is 4. The number of ether oxygens (including phenoxy) is 1. The van der Waals surface area contributed by atoms with Crippen LogP contribution in [0, 0.1) is 0 Å². The Morgan fingerprint density at radius 2 is 2.33 bits per heavy atom. The van der Waals surface area contributed by atoms with Crippen LogP contribution >= 0.6 is 27.5 Å². The number of fused-ring (bicyclic) bond motifs is 1. The lowest BCUT2D eigenvalue weighted by atomic mass is 10.3. The largest absolute Gasteiger partial charge is 0.466 e. The van der Waals surface area contributed by atoms with E-state index >= 15 is 0 Å². The molecule has 7 heteroatoms. The zero-order chi connectivity index (χ0) is 15.2. The highest BCUT2D eigenvalue weighted by atomic mass is 79.9. The number of nitrogens with zero attached hydrogens (tertiary/aromatic N) is 3. The summed E-state index contributed by atoms with van der Waals surface area (Å²) in [6.07, 6.45) is 3.51. The third-order valence-corrected chi connectivity index (χ3v) is 3.64. The van der Waals surface area contributed by atoms with Crippen LogP contribution in [0.4, 0.5) is 0 Å². The molecule has 114 valence electrons. The molecular weight excluding hydrogens is 358 g/mol.